The maximum absolute atomic E-state index is 13.1. The molecular formula is C20H16N6OS2. The molecule has 29 heavy (non-hydrogen) atoms. The van der Waals surface area contributed by atoms with Gasteiger partial charge in [0.05, 0.1) is 34.5 Å². The van der Waals surface area contributed by atoms with E-state index in [-0.39, 0.29) is 5.56 Å². The van der Waals surface area contributed by atoms with Gasteiger partial charge in [-0.15, -0.1) is 11.3 Å². The van der Waals surface area contributed by atoms with E-state index >= 15 is 0 Å². The van der Waals surface area contributed by atoms with E-state index in [9.17, 15) is 4.79 Å². The van der Waals surface area contributed by atoms with Crippen LogP contribution < -0.4 is 11.0 Å². The van der Waals surface area contributed by atoms with E-state index in [2.05, 4.69) is 15.5 Å². The summed E-state index contributed by atoms with van der Waals surface area (Å²) in [5.41, 5.74) is 5.39. The molecule has 0 aliphatic carbocycles. The number of benzene rings is 1. The Labute approximate surface area is 174 Å². The molecule has 0 aliphatic rings. The predicted molar refractivity (Wildman–Crippen MR) is 116 cm³/mol. The largest absolute Gasteiger partial charge is 0.309 e. The molecule has 9 heteroatoms. The Balaban J connectivity index is 1.79. The van der Waals surface area contributed by atoms with Crippen LogP contribution in [0.2, 0.25) is 0 Å². The molecule has 0 spiro atoms. The third-order valence-electron chi connectivity index (χ3n) is 4.14. The Morgan fingerprint density at radius 3 is 3.00 bits per heavy atom. The lowest BCUT2D eigenvalue weighted by Gasteiger charge is -2.08. The number of aromatic nitrogens is 3. The number of pyridine rings is 1. The predicted octanol–water partition coefficient (Wildman–Crippen LogP) is 3.60. The molecule has 0 aliphatic heterocycles. The zero-order chi connectivity index (χ0) is 20.2. The third-order valence-corrected chi connectivity index (χ3v) is 6.24. The van der Waals surface area contributed by atoms with E-state index in [0.717, 1.165) is 20.1 Å². The van der Waals surface area contributed by atoms with Gasteiger partial charge in [0.15, 0.2) is 4.34 Å². The molecular weight excluding hydrogens is 404 g/mol. The Morgan fingerprint density at radius 2 is 2.17 bits per heavy atom. The second kappa shape index (κ2) is 8.43. The molecule has 144 valence electrons. The number of nitrogens with one attached hydrogen (secondary N) is 1. The van der Waals surface area contributed by atoms with Crippen molar-refractivity contribution >= 4 is 45.2 Å². The van der Waals surface area contributed by atoms with Gasteiger partial charge >= 0.3 is 0 Å². The van der Waals surface area contributed by atoms with Crippen LogP contribution in [-0.2, 0) is 0 Å². The molecule has 3 aromatic heterocycles. The first kappa shape index (κ1) is 19.1. The molecule has 0 amide bonds. The highest BCUT2D eigenvalue weighted by atomic mass is 32.2. The number of nitrogens with zero attached hydrogens (tertiary/aromatic N) is 5. The quantitative estimate of drug-likeness (QED) is 0.222. The first-order valence-electron chi connectivity index (χ1n) is 8.85. The van der Waals surface area contributed by atoms with Crippen LogP contribution in [0.25, 0.3) is 15.9 Å². The lowest BCUT2D eigenvalue weighted by atomic mass is 10.3. The molecule has 4 aromatic rings. The summed E-state index contributed by atoms with van der Waals surface area (Å²) in [6.45, 7) is 2.33. The number of thiazole rings is 1. The maximum atomic E-state index is 13.1. The number of nitriles is 1. The van der Waals surface area contributed by atoms with E-state index < -0.39 is 0 Å². The molecule has 0 saturated carbocycles. The standard InChI is InChI=1S/C20H16N6OS2/c1-13-6-4-11-26-17(13)25-18(14(19(26)27)12-23-22-10-5-9-21)29-20-24-15-7-2-3-8-16(15)28-20/h2-4,6-8,11-12,22H,5,10H2,1H3/b23-12+. The Bertz CT molecular complexity index is 1290. The van der Waals surface area contributed by atoms with Gasteiger partial charge in [-0.3, -0.25) is 9.20 Å². The summed E-state index contributed by atoms with van der Waals surface area (Å²) in [5, 5.41) is 13.3. The topological polar surface area (TPSA) is 95.4 Å². The van der Waals surface area contributed by atoms with Gasteiger partial charge in [0.25, 0.3) is 5.56 Å². The van der Waals surface area contributed by atoms with Crippen molar-refractivity contribution in [1.29, 1.82) is 5.26 Å². The minimum Gasteiger partial charge on any atom is -0.309 e. The van der Waals surface area contributed by atoms with Crippen molar-refractivity contribution < 1.29 is 0 Å². The van der Waals surface area contributed by atoms with Crippen LogP contribution in [0, 0.1) is 18.3 Å². The normalized spacial score (nSPS) is 11.3. The van der Waals surface area contributed by atoms with Gasteiger partial charge in [0.1, 0.15) is 10.7 Å². The van der Waals surface area contributed by atoms with Crippen LogP contribution in [0.5, 0.6) is 0 Å². The zero-order valence-electron chi connectivity index (χ0n) is 15.5. The van der Waals surface area contributed by atoms with Gasteiger partial charge in [0, 0.05) is 12.7 Å². The van der Waals surface area contributed by atoms with Gasteiger partial charge in [-0.2, -0.15) is 10.4 Å². The molecule has 0 bridgehead atoms. The first-order valence-corrected chi connectivity index (χ1v) is 10.5. The number of rotatable bonds is 6. The van der Waals surface area contributed by atoms with Crippen molar-refractivity contribution in [1.82, 2.24) is 19.8 Å². The fourth-order valence-electron chi connectivity index (χ4n) is 2.74. The van der Waals surface area contributed by atoms with Gasteiger partial charge < -0.3 is 5.43 Å². The maximum Gasteiger partial charge on any atom is 0.267 e. The van der Waals surface area contributed by atoms with Crippen molar-refractivity contribution in [2.24, 2.45) is 5.10 Å². The molecule has 0 atom stereocenters. The van der Waals surface area contributed by atoms with E-state index in [4.69, 9.17) is 10.2 Å². The Morgan fingerprint density at radius 1 is 1.31 bits per heavy atom. The highest BCUT2D eigenvalue weighted by molar-refractivity contribution is 8.01. The van der Waals surface area contributed by atoms with Crippen molar-refractivity contribution in [2.75, 3.05) is 6.54 Å². The van der Waals surface area contributed by atoms with E-state index in [1.165, 1.54) is 22.4 Å². The molecule has 0 fully saturated rings. The molecule has 1 aromatic carbocycles. The highest BCUT2D eigenvalue weighted by Crippen LogP contribution is 2.34. The van der Waals surface area contributed by atoms with Gasteiger partial charge in [-0.25, -0.2) is 9.97 Å². The summed E-state index contributed by atoms with van der Waals surface area (Å²) in [6.07, 6.45) is 3.50. The van der Waals surface area contributed by atoms with Crippen molar-refractivity contribution in [2.45, 2.75) is 22.7 Å². The molecule has 0 radical (unpaired) electrons. The van der Waals surface area contributed by atoms with Crippen LogP contribution in [0.1, 0.15) is 17.5 Å². The monoisotopic (exact) mass is 420 g/mol. The van der Waals surface area contributed by atoms with E-state index in [1.807, 2.05) is 49.4 Å². The number of para-hydroxylation sites is 1. The number of fused-ring (bicyclic) bond motifs is 2. The molecule has 1 N–H and O–H groups in total. The van der Waals surface area contributed by atoms with E-state index in [1.54, 1.807) is 17.5 Å². The molecule has 7 nitrogen and oxygen atoms in total. The molecule has 0 unspecified atom stereocenters. The lowest BCUT2D eigenvalue weighted by Crippen LogP contribution is -2.22. The van der Waals surface area contributed by atoms with Crippen molar-refractivity contribution in [3.05, 3.63) is 64.1 Å². The van der Waals surface area contributed by atoms with Crippen LogP contribution in [-0.4, -0.2) is 27.1 Å². The summed E-state index contributed by atoms with van der Waals surface area (Å²) in [7, 11) is 0. The summed E-state index contributed by atoms with van der Waals surface area (Å²) < 4.78 is 3.41. The Kier molecular flexibility index (Phi) is 5.55. The number of hydrogen-bond acceptors (Lipinski definition) is 8. The van der Waals surface area contributed by atoms with Crippen LogP contribution in [0.3, 0.4) is 0 Å². The van der Waals surface area contributed by atoms with Gasteiger partial charge in [-0.1, -0.05) is 18.2 Å². The van der Waals surface area contributed by atoms with Gasteiger partial charge in [-0.05, 0) is 42.4 Å². The minimum absolute atomic E-state index is 0.201. The van der Waals surface area contributed by atoms with Crippen LogP contribution >= 0.6 is 23.1 Å². The molecule has 3 heterocycles. The fraction of sp³-hybridized carbons (Fsp3) is 0.150. The second-order valence-electron chi connectivity index (χ2n) is 6.14. The van der Waals surface area contributed by atoms with Crippen LogP contribution in [0.4, 0.5) is 0 Å². The number of hydrogen-bond donors (Lipinski definition) is 1. The van der Waals surface area contributed by atoms with Crippen molar-refractivity contribution in [3.8, 4) is 6.07 Å². The summed E-state index contributed by atoms with van der Waals surface area (Å²) in [5.74, 6) is 0. The summed E-state index contributed by atoms with van der Waals surface area (Å²) >= 11 is 2.92. The Hall–Kier alpha value is -3.22. The number of aryl methyl sites for hydroxylation is 1. The van der Waals surface area contributed by atoms with Gasteiger partial charge in [0.2, 0.25) is 0 Å². The first-order chi connectivity index (χ1) is 14.2. The lowest BCUT2D eigenvalue weighted by molar-refractivity contribution is 0.749. The highest BCUT2D eigenvalue weighted by Gasteiger charge is 2.16. The molecule has 4 rings (SSSR count). The third kappa shape index (κ3) is 3.99. The summed E-state index contributed by atoms with van der Waals surface area (Å²) in [4.78, 5) is 22.5. The fourth-order valence-corrected chi connectivity index (χ4v) is 4.81. The average molecular weight is 421 g/mol. The van der Waals surface area contributed by atoms with Crippen molar-refractivity contribution in [3.63, 3.8) is 0 Å². The second-order valence-corrected chi connectivity index (χ2v) is 8.41. The smallest absolute Gasteiger partial charge is 0.267 e. The molecule has 0 saturated heterocycles. The average Bonchev–Trinajstić information content (AvgIpc) is 3.13. The SMILES string of the molecule is Cc1cccn2c(=O)c(/C=N/NCCC#N)c(Sc3nc4ccccc4s3)nc12. The summed E-state index contributed by atoms with van der Waals surface area (Å²) in [6, 6.07) is 13.7. The van der Waals surface area contributed by atoms with E-state index in [0.29, 0.717) is 29.2 Å². The van der Waals surface area contributed by atoms with Crippen LogP contribution in [0.15, 0.2) is 61.9 Å². The number of hydrazone groups is 1. The zero-order valence-corrected chi connectivity index (χ0v) is 17.1. The minimum atomic E-state index is -0.201.